The van der Waals surface area contributed by atoms with E-state index in [1.807, 2.05) is 13.8 Å². The average molecular weight is 235 g/mol. The molecule has 1 atom stereocenters. The Morgan fingerprint density at radius 3 is 2.82 bits per heavy atom. The van der Waals surface area contributed by atoms with Crippen molar-refractivity contribution in [2.45, 2.75) is 39.2 Å². The highest BCUT2D eigenvalue weighted by atomic mass is 16.4. The molecule has 92 valence electrons. The molecule has 0 aliphatic heterocycles. The molecule has 2 rings (SSSR count). The Bertz CT molecular complexity index is 432. The molecule has 0 fully saturated rings. The summed E-state index contributed by atoms with van der Waals surface area (Å²) in [5, 5.41) is 12.2. The molecule has 1 heterocycles. The lowest BCUT2D eigenvalue weighted by Gasteiger charge is -2.19. The van der Waals surface area contributed by atoms with Crippen molar-refractivity contribution in [3.8, 4) is 0 Å². The molecule has 0 aromatic carbocycles. The van der Waals surface area contributed by atoms with E-state index in [0.29, 0.717) is 5.82 Å². The van der Waals surface area contributed by atoms with Crippen LogP contribution in [0.2, 0.25) is 0 Å². The van der Waals surface area contributed by atoms with Gasteiger partial charge in [0.15, 0.2) is 0 Å². The predicted octanol–water partition coefficient (Wildman–Crippen LogP) is 1.49. The zero-order chi connectivity index (χ0) is 12.4. The number of rotatable bonds is 4. The van der Waals surface area contributed by atoms with Crippen LogP contribution in [0.1, 0.15) is 31.5 Å². The van der Waals surface area contributed by atoms with Crippen LogP contribution in [0.4, 0.5) is 5.82 Å². The van der Waals surface area contributed by atoms with Crippen molar-refractivity contribution in [2.75, 3.05) is 5.32 Å². The first-order chi connectivity index (χ1) is 8.09. The van der Waals surface area contributed by atoms with Crippen LogP contribution in [0, 0.1) is 5.92 Å². The van der Waals surface area contributed by atoms with Gasteiger partial charge in [0.05, 0.1) is 0 Å². The molecule has 1 aromatic rings. The summed E-state index contributed by atoms with van der Waals surface area (Å²) in [5.41, 5.74) is 2.13. The Hall–Kier alpha value is -1.65. The molecule has 17 heavy (non-hydrogen) atoms. The highest BCUT2D eigenvalue weighted by Crippen LogP contribution is 2.26. The van der Waals surface area contributed by atoms with Gasteiger partial charge in [0.1, 0.15) is 18.2 Å². The topological polar surface area (TPSA) is 75.1 Å². The van der Waals surface area contributed by atoms with Gasteiger partial charge in [-0.15, -0.1) is 0 Å². The summed E-state index contributed by atoms with van der Waals surface area (Å²) in [6, 6.07) is -0.602. The van der Waals surface area contributed by atoms with E-state index in [4.69, 9.17) is 5.11 Å². The summed E-state index contributed by atoms with van der Waals surface area (Å²) in [6.45, 7) is 3.76. The third-order valence-corrected chi connectivity index (χ3v) is 3.10. The zero-order valence-corrected chi connectivity index (χ0v) is 10.1. The lowest BCUT2D eigenvalue weighted by molar-refractivity contribution is -0.138. The van der Waals surface area contributed by atoms with Crippen molar-refractivity contribution in [3.05, 3.63) is 17.6 Å². The highest BCUT2D eigenvalue weighted by molar-refractivity contribution is 5.77. The predicted molar refractivity (Wildman–Crippen MR) is 63.9 cm³/mol. The minimum Gasteiger partial charge on any atom is -0.480 e. The van der Waals surface area contributed by atoms with Crippen LogP contribution in [-0.2, 0) is 17.6 Å². The van der Waals surface area contributed by atoms with Gasteiger partial charge in [-0.25, -0.2) is 14.8 Å². The number of hydrogen-bond acceptors (Lipinski definition) is 4. The van der Waals surface area contributed by atoms with Crippen molar-refractivity contribution in [2.24, 2.45) is 5.92 Å². The summed E-state index contributed by atoms with van der Waals surface area (Å²) in [6.07, 6.45) is 4.47. The molecule has 0 bridgehead atoms. The Morgan fingerprint density at radius 2 is 2.18 bits per heavy atom. The van der Waals surface area contributed by atoms with Crippen LogP contribution < -0.4 is 5.32 Å². The number of carboxylic acids is 1. The van der Waals surface area contributed by atoms with Crippen molar-refractivity contribution in [1.29, 1.82) is 0 Å². The SMILES string of the molecule is CC(C)C(Nc1ncnc2c1CCC2)C(=O)O. The van der Waals surface area contributed by atoms with Crippen LogP contribution in [0.25, 0.3) is 0 Å². The number of fused-ring (bicyclic) bond motifs is 1. The van der Waals surface area contributed by atoms with Crippen molar-refractivity contribution in [3.63, 3.8) is 0 Å². The fraction of sp³-hybridized carbons (Fsp3) is 0.583. The molecule has 0 spiro atoms. The maximum Gasteiger partial charge on any atom is 0.326 e. The molecule has 0 saturated carbocycles. The lowest BCUT2D eigenvalue weighted by atomic mass is 10.0. The van der Waals surface area contributed by atoms with Gasteiger partial charge in [-0.05, 0) is 25.2 Å². The number of hydrogen-bond donors (Lipinski definition) is 2. The van der Waals surface area contributed by atoms with Crippen LogP contribution in [0.15, 0.2) is 6.33 Å². The monoisotopic (exact) mass is 235 g/mol. The Morgan fingerprint density at radius 1 is 1.41 bits per heavy atom. The van der Waals surface area contributed by atoms with Gasteiger partial charge >= 0.3 is 5.97 Å². The van der Waals surface area contributed by atoms with E-state index in [2.05, 4.69) is 15.3 Å². The molecule has 5 nitrogen and oxygen atoms in total. The van der Waals surface area contributed by atoms with Gasteiger partial charge in [-0.3, -0.25) is 0 Å². The van der Waals surface area contributed by atoms with Crippen LogP contribution in [0.5, 0.6) is 0 Å². The highest BCUT2D eigenvalue weighted by Gasteiger charge is 2.24. The molecule has 1 aliphatic rings. The smallest absolute Gasteiger partial charge is 0.326 e. The quantitative estimate of drug-likeness (QED) is 0.827. The van der Waals surface area contributed by atoms with E-state index in [-0.39, 0.29) is 5.92 Å². The molecule has 5 heteroatoms. The number of nitrogens with one attached hydrogen (secondary N) is 1. The number of aromatic nitrogens is 2. The minimum atomic E-state index is -0.842. The Balaban J connectivity index is 2.24. The normalized spacial score (nSPS) is 15.7. The summed E-state index contributed by atoms with van der Waals surface area (Å²) in [5.74, 6) is -0.140. The molecule has 1 aliphatic carbocycles. The molecular weight excluding hydrogens is 218 g/mol. The van der Waals surface area contributed by atoms with E-state index < -0.39 is 12.0 Å². The summed E-state index contributed by atoms with van der Waals surface area (Å²) >= 11 is 0. The Labute approximate surface area is 100 Å². The molecule has 0 amide bonds. The third-order valence-electron chi connectivity index (χ3n) is 3.10. The van der Waals surface area contributed by atoms with Crippen molar-refractivity contribution >= 4 is 11.8 Å². The second kappa shape index (κ2) is 4.69. The van der Waals surface area contributed by atoms with Gasteiger partial charge in [0, 0.05) is 11.3 Å². The number of carbonyl (C=O) groups is 1. The summed E-state index contributed by atoms with van der Waals surface area (Å²) < 4.78 is 0. The molecule has 1 unspecified atom stereocenters. The van der Waals surface area contributed by atoms with Crippen molar-refractivity contribution in [1.82, 2.24) is 9.97 Å². The maximum atomic E-state index is 11.1. The van der Waals surface area contributed by atoms with Gasteiger partial charge < -0.3 is 10.4 Å². The van der Waals surface area contributed by atoms with Gasteiger partial charge in [0.2, 0.25) is 0 Å². The van der Waals surface area contributed by atoms with Gasteiger partial charge in [0.25, 0.3) is 0 Å². The maximum absolute atomic E-state index is 11.1. The second-order valence-electron chi connectivity index (χ2n) is 4.71. The standard InChI is InChI=1S/C12H17N3O2/c1-7(2)10(12(16)17)15-11-8-4-3-5-9(8)13-6-14-11/h6-7,10H,3-5H2,1-2H3,(H,16,17)(H,13,14,15). The van der Waals surface area contributed by atoms with E-state index in [0.717, 1.165) is 30.5 Å². The molecule has 0 saturated heterocycles. The Kier molecular flexibility index (Phi) is 3.26. The molecule has 2 N–H and O–H groups in total. The van der Waals surface area contributed by atoms with E-state index in [9.17, 15) is 4.79 Å². The van der Waals surface area contributed by atoms with E-state index >= 15 is 0 Å². The number of aryl methyl sites for hydroxylation is 1. The number of carboxylic acid groups (broad SMARTS) is 1. The number of anilines is 1. The molecule has 0 radical (unpaired) electrons. The molecule has 1 aromatic heterocycles. The second-order valence-corrected chi connectivity index (χ2v) is 4.71. The molecular formula is C12H17N3O2. The van der Waals surface area contributed by atoms with E-state index in [1.54, 1.807) is 0 Å². The van der Waals surface area contributed by atoms with Crippen LogP contribution in [-0.4, -0.2) is 27.1 Å². The van der Waals surface area contributed by atoms with Crippen LogP contribution >= 0.6 is 0 Å². The first kappa shape index (κ1) is 11.8. The van der Waals surface area contributed by atoms with Gasteiger partial charge in [-0.1, -0.05) is 13.8 Å². The number of nitrogens with zero attached hydrogens (tertiary/aromatic N) is 2. The lowest BCUT2D eigenvalue weighted by Crippen LogP contribution is -2.35. The fourth-order valence-electron chi connectivity index (χ4n) is 2.14. The first-order valence-corrected chi connectivity index (χ1v) is 5.91. The summed E-state index contributed by atoms with van der Waals surface area (Å²) in [7, 11) is 0. The third kappa shape index (κ3) is 2.38. The first-order valence-electron chi connectivity index (χ1n) is 5.91. The number of aliphatic carboxylic acids is 1. The van der Waals surface area contributed by atoms with Crippen LogP contribution in [0.3, 0.4) is 0 Å². The zero-order valence-electron chi connectivity index (χ0n) is 10.1. The van der Waals surface area contributed by atoms with E-state index in [1.165, 1.54) is 6.33 Å². The van der Waals surface area contributed by atoms with Gasteiger partial charge in [-0.2, -0.15) is 0 Å². The van der Waals surface area contributed by atoms with Crippen molar-refractivity contribution < 1.29 is 9.90 Å². The average Bonchev–Trinajstić information content (AvgIpc) is 2.73. The minimum absolute atomic E-state index is 0.0134. The largest absolute Gasteiger partial charge is 0.480 e. The fourth-order valence-corrected chi connectivity index (χ4v) is 2.14. The summed E-state index contributed by atoms with van der Waals surface area (Å²) in [4.78, 5) is 19.5.